The van der Waals surface area contributed by atoms with Gasteiger partial charge in [0.25, 0.3) is 0 Å². The average molecular weight is 395 g/mol. The zero-order valence-corrected chi connectivity index (χ0v) is 16.4. The second-order valence-electron chi connectivity index (χ2n) is 6.94. The molecule has 0 amide bonds. The van der Waals surface area contributed by atoms with Gasteiger partial charge in [0, 0.05) is 5.41 Å². The smallest absolute Gasteiger partial charge is 0.119 e. The lowest BCUT2D eigenvalue weighted by Gasteiger charge is -2.26. The van der Waals surface area contributed by atoms with Crippen molar-refractivity contribution in [3.8, 4) is 11.5 Å². The van der Waals surface area contributed by atoms with E-state index in [2.05, 4.69) is 13.8 Å². The van der Waals surface area contributed by atoms with E-state index in [0.717, 1.165) is 11.1 Å². The summed E-state index contributed by atoms with van der Waals surface area (Å²) in [5.41, 5.74) is 2.01. The molecule has 0 saturated carbocycles. The van der Waals surface area contributed by atoms with Crippen LogP contribution in [0.3, 0.4) is 0 Å². The molecule has 1 unspecified atom stereocenters. The molecule has 2 rings (SSSR count). The van der Waals surface area contributed by atoms with E-state index in [4.69, 9.17) is 26.2 Å². The zero-order valence-electron chi connectivity index (χ0n) is 15.6. The fraction of sp³-hybridized carbons (Fsp3) is 0.429. The first-order valence-electron chi connectivity index (χ1n) is 8.86. The molecule has 0 aromatic heterocycles. The third-order valence-electron chi connectivity index (χ3n) is 4.43. The lowest BCUT2D eigenvalue weighted by atomic mass is 9.78. The molecule has 0 fully saturated rings. The molecule has 2 atom stereocenters. The minimum atomic E-state index is -0.882. The second-order valence-corrected chi connectivity index (χ2v) is 7.25. The van der Waals surface area contributed by atoms with Crippen molar-refractivity contribution in [2.24, 2.45) is 0 Å². The number of alkyl halides is 1. The Morgan fingerprint density at radius 3 is 1.59 bits per heavy atom. The third-order valence-corrected chi connectivity index (χ3v) is 4.78. The van der Waals surface area contributed by atoms with Crippen LogP contribution >= 0.6 is 11.6 Å². The Morgan fingerprint density at radius 1 is 0.815 bits per heavy atom. The zero-order chi connectivity index (χ0) is 19.9. The van der Waals surface area contributed by atoms with Gasteiger partial charge in [0.05, 0.1) is 12.5 Å². The van der Waals surface area contributed by atoms with Gasteiger partial charge in [-0.05, 0) is 35.4 Å². The molecule has 3 N–H and O–H groups in total. The quantitative estimate of drug-likeness (QED) is 0.540. The molecule has 5 nitrogen and oxygen atoms in total. The Morgan fingerprint density at radius 2 is 1.22 bits per heavy atom. The van der Waals surface area contributed by atoms with Gasteiger partial charge in [-0.25, -0.2) is 0 Å². The van der Waals surface area contributed by atoms with Crippen LogP contribution in [-0.2, 0) is 5.41 Å². The van der Waals surface area contributed by atoms with Crippen LogP contribution in [0, 0.1) is 0 Å². The van der Waals surface area contributed by atoms with Gasteiger partial charge in [0.1, 0.15) is 36.9 Å². The Kier molecular flexibility index (Phi) is 7.92. The van der Waals surface area contributed by atoms with Crippen LogP contribution in [0.4, 0.5) is 0 Å². The fourth-order valence-electron chi connectivity index (χ4n) is 2.58. The predicted octanol–water partition coefficient (Wildman–Crippen LogP) is 2.72. The number of halogens is 1. The Balaban J connectivity index is 2.04. The molecule has 27 heavy (non-hydrogen) atoms. The fourth-order valence-corrected chi connectivity index (χ4v) is 2.67. The van der Waals surface area contributed by atoms with Crippen molar-refractivity contribution < 1.29 is 24.8 Å². The van der Waals surface area contributed by atoms with Crippen molar-refractivity contribution in [3.05, 3.63) is 59.7 Å². The van der Waals surface area contributed by atoms with Gasteiger partial charge in [-0.2, -0.15) is 0 Å². The number of aliphatic hydroxyl groups is 3. The molecule has 2 aromatic carbocycles. The molecule has 0 radical (unpaired) electrons. The standard InChI is InChI=1S/C21H27ClO5/c1-21(2,15-3-7-19(8-4-15)26-13-17(24)11-22)16-5-9-20(10-6-16)27-14-18(25)12-23/h3-10,17-18,23-25H,11-14H2,1-2H3/t17-,18?/m1/s1. The lowest BCUT2D eigenvalue weighted by Crippen LogP contribution is -2.21. The first kappa shape index (κ1) is 21.5. The molecule has 0 aliphatic heterocycles. The maximum atomic E-state index is 9.46. The highest BCUT2D eigenvalue weighted by Crippen LogP contribution is 2.33. The molecular weight excluding hydrogens is 368 g/mol. The van der Waals surface area contributed by atoms with Crippen molar-refractivity contribution >= 4 is 11.6 Å². The van der Waals surface area contributed by atoms with E-state index in [1.165, 1.54) is 0 Å². The van der Waals surface area contributed by atoms with Crippen LogP contribution in [0.2, 0.25) is 0 Å². The van der Waals surface area contributed by atoms with Crippen LogP contribution < -0.4 is 9.47 Å². The summed E-state index contributed by atoms with van der Waals surface area (Å²) in [5.74, 6) is 1.47. The van der Waals surface area contributed by atoms with E-state index in [1.807, 2.05) is 48.5 Å². The van der Waals surface area contributed by atoms with Gasteiger partial charge in [-0.1, -0.05) is 38.1 Å². The minimum absolute atomic E-state index is 0.0547. The summed E-state index contributed by atoms with van der Waals surface area (Å²) in [5, 5.41) is 27.6. The molecule has 0 heterocycles. The second kappa shape index (κ2) is 9.95. The number of benzene rings is 2. The van der Waals surface area contributed by atoms with Crippen molar-refractivity contribution in [3.63, 3.8) is 0 Å². The summed E-state index contributed by atoms with van der Waals surface area (Å²) in [6.07, 6.45) is -1.56. The number of aliphatic hydroxyl groups excluding tert-OH is 3. The van der Waals surface area contributed by atoms with Crippen molar-refractivity contribution in [1.29, 1.82) is 0 Å². The van der Waals surface area contributed by atoms with Gasteiger partial charge in [0.2, 0.25) is 0 Å². The average Bonchev–Trinajstić information content (AvgIpc) is 2.70. The van der Waals surface area contributed by atoms with Crippen LogP contribution in [0.5, 0.6) is 11.5 Å². The lowest BCUT2D eigenvalue weighted by molar-refractivity contribution is 0.0536. The van der Waals surface area contributed by atoms with Gasteiger partial charge in [-0.3, -0.25) is 0 Å². The van der Waals surface area contributed by atoms with Gasteiger partial charge in [0.15, 0.2) is 0 Å². The van der Waals surface area contributed by atoms with E-state index in [0.29, 0.717) is 11.5 Å². The molecule has 0 aliphatic rings. The Bertz CT molecular complexity index is 625. The highest BCUT2D eigenvalue weighted by atomic mass is 35.5. The highest BCUT2D eigenvalue weighted by molar-refractivity contribution is 6.18. The number of rotatable bonds is 10. The van der Waals surface area contributed by atoms with Crippen LogP contribution in [0.15, 0.2) is 48.5 Å². The molecule has 0 aliphatic carbocycles. The normalized spacial score (nSPS) is 13.9. The summed E-state index contributed by atoms with van der Waals surface area (Å²) in [6.45, 7) is 4.16. The molecule has 0 saturated heterocycles. The minimum Gasteiger partial charge on any atom is -0.491 e. The number of hydrogen-bond donors (Lipinski definition) is 3. The topological polar surface area (TPSA) is 79.2 Å². The maximum absolute atomic E-state index is 9.46. The van der Waals surface area contributed by atoms with E-state index in [-0.39, 0.29) is 31.1 Å². The van der Waals surface area contributed by atoms with Crippen LogP contribution in [0.1, 0.15) is 25.0 Å². The molecule has 148 valence electrons. The third kappa shape index (κ3) is 6.11. The first-order chi connectivity index (χ1) is 12.9. The van der Waals surface area contributed by atoms with Crippen LogP contribution in [-0.4, -0.2) is 53.2 Å². The maximum Gasteiger partial charge on any atom is 0.119 e. The summed E-state index contributed by atoms with van der Waals surface area (Å²) < 4.78 is 11.0. The summed E-state index contributed by atoms with van der Waals surface area (Å²) in [4.78, 5) is 0. The number of hydrogen-bond acceptors (Lipinski definition) is 5. The van der Waals surface area contributed by atoms with Crippen molar-refractivity contribution in [1.82, 2.24) is 0 Å². The molecule has 6 heteroatoms. The Labute approximate surface area is 165 Å². The largest absolute Gasteiger partial charge is 0.491 e. The van der Waals surface area contributed by atoms with Crippen molar-refractivity contribution in [2.75, 3.05) is 25.7 Å². The van der Waals surface area contributed by atoms with E-state index < -0.39 is 12.2 Å². The highest BCUT2D eigenvalue weighted by Gasteiger charge is 2.23. The van der Waals surface area contributed by atoms with Gasteiger partial charge >= 0.3 is 0 Å². The van der Waals surface area contributed by atoms with Gasteiger partial charge < -0.3 is 24.8 Å². The monoisotopic (exact) mass is 394 g/mol. The predicted molar refractivity (Wildman–Crippen MR) is 106 cm³/mol. The first-order valence-corrected chi connectivity index (χ1v) is 9.40. The SMILES string of the molecule is CC(C)(c1ccc(OCC(O)CO)cc1)c1ccc(OC[C@H](O)CCl)cc1. The van der Waals surface area contributed by atoms with E-state index in [9.17, 15) is 10.2 Å². The molecule has 2 aromatic rings. The van der Waals surface area contributed by atoms with E-state index >= 15 is 0 Å². The van der Waals surface area contributed by atoms with Crippen molar-refractivity contribution in [2.45, 2.75) is 31.5 Å². The van der Waals surface area contributed by atoms with Gasteiger partial charge in [-0.15, -0.1) is 11.6 Å². The van der Waals surface area contributed by atoms with Crippen LogP contribution in [0.25, 0.3) is 0 Å². The summed E-state index contributed by atoms with van der Waals surface area (Å²) in [7, 11) is 0. The molecular formula is C21H27ClO5. The summed E-state index contributed by atoms with van der Waals surface area (Å²) in [6, 6.07) is 15.5. The Hall–Kier alpha value is -1.79. The van der Waals surface area contributed by atoms with E-state index in [1.54, 1.807) is 0 Å². The summed E-state index contributed by atoms with van der Waals surface area (Å²) >= 11 is 5.56. The number of ether oxygens (including phenoxy) is 2. The molecule has 0 spiro atoms. The molecule has 0 bridgehead atoms.